The first-order chi connectivity index (χ1) is 13.0. The summed E-state index contributed by atoms with van der Waals surface area (Å²) in [5, 5.41) is 4.66. The molecule has 0 unspecified atom stereocenters. The SMILES string of the molecule is O=C(NC[C@H]1CCCC[NH2+]1)c1cc(OCC(F)(F)F)ccc1OCC(F)(F)F. The van der Waals surface area contributed by atoms with Gasteiger partial charge in [0.05, 0.1) is 18.7 Å². The average Bonchev–Trinajstić information content (AvgIpc) is 2.62. The van der Waals surface area contributed by atoms with Gasteiger partial charge in [0.1, 0.15) is 17.5 Å². The number of hydrogen-bond donors (Lipinski definition) is 2. The van der Waals surface area contributed by atoms with Crippen molar-refractivity contribution in [2.75, 3.05) is 26.3 Å². The zero-order valence-electron chi connectivity index (χ0n) is 14.8. The number of ether oxygens (including phenoxy) is 2. The number of nitrogens with two attached hydrogens (primary N) is 1. The number of rotatable bonds is 7. The third-order valence-corrected chi connectivity index (χ3v) is 4.04. The Labute approximate surface area is 157 Å². The number of quaternary nitrogens is 1. The third kappa shape index (κ3) is 7.83. The summed E-state index contributed by atoms with van der Waals surface area (Å²) in [6.07, 6.45) is -6.26. The molecule has 0 spiro atoms. The maximum absolute atomic E-state index is 12.4. The smallest absolute Gasteiger partial charge is 0.422 e. The molecule has 1 aromatic rings. The van der Waals surface area contributed by atoms with Crippen molar-refractivity contribution in [2.24, 2.45) is 0 Å². The van der Waals surface area contributed by atoms with E-state index in [0.717, 1.165) is 44.0 Å². The second kappa shape index (κ2) is 9.35. The largest absolute Gasteiger partial charge is 0.484 e. The first kappa shape index (κ1) is 22.1. The highest BCUT2D eigenvalue weighted by Gasteiger charge is 2.30. The second-order valence-electron chi connectivity index (χ2n) is 6.46. The van der Waals surface area contributed by atoms with Crippen molar-refractivity contribution in [3.8, 4) is 11.5 Å². The van der Waals surface area contributed by atoms with Crippen molar-refractivity contribution in [1.82, 2.24) is 5.32 Å². The number of carbonyl (C=O) groups is 1. The van der Waals surface area contributed by atoms with Gasteiger partial charge in [-0.1, -0.05) is 0 Å². The quantitative estimate of drug-likeness (QED) is 0.673. The van der Waals surface area contributed by atoms with Crippen LogP contribution in [0.2, 0.25) is 0 Å². The van der Waals surface area contributed by atoms with Crippen LogP contribution in [0.15, 0.2) is 18.2 Å². The molecule has 0 bridgehead atoms. The molecule has 0 aliphatic carbocycles. The summed E-state index contributed by atoms with van der Waals surface area (Å²) in [5.41, 5.74) is -0.320. The number of piperidine rings is 1. The number of nitrogens with one attached hydrogen (secondary N) is 1. The lowest BCUT2D eigenvalue weighted by molar-refractivity contribution is -0.695. The Morgan fingerprint density at radius 1 is 1.07 bits per heavy atom. The lowest BCUT2D eigenvalue weighted by Gasteiger charge is -2.21. The molecule has 0 saturated carbocycles. The lowest BCUT2D eigenvalue weighted by Crippen LogP contribution is -2.92. The molecule has 1 heterocycles. The van der Waals surface area contributed by atoms with Crippen LogP contribution in [0.25, 0.3) is 0 Å². The van der Waals surface area contributed by atoms with Gasteiger partial charge in [0.2, 0.25) is 0 Å². The summed E-state index contributed by atoms with van der Waals surface area (Å²) < 4.78 is 83.4. The molecule has 0 aromatic heterocycles. The van der Waals surface area contributed by atoms with Gasteiger partial charge in [-0.25, -0.2) is 0 Å². The summed E-state index contributed by atoms with van der Waals surface area (Å²) in [7, 11) is 0. The van der Waals surface area contributed by atoms with Crippen LogP contribution in [-0.4, -0.2) is 50.6 Å². The van der Waals surface area contributed by atoms with Crippen LogP contribution in [0.3, 0.4) is 0 Å². The van der Waals surface area contributed by atoms with E-state index in [1.165, 1.54) is 0 Å². The molecule has 1 aromatic carbocycles. The van der Waals surface area contributed by atoms with E-state index >= 15 is 0 Å². The maximum Gasteiger partial charge on any atom is 0.422 e. The van der Waals surface area contributed by atoms with Gasteiger partial charge >= 0.3 is 12.4 Å². The molecule has 11 heteroatoms. The zero-order valence-corrected chi connectivity index (χ0v) is 14.8. The third-order valence-electron chi connectivity index (χ3n) is 4.04. The van der Waals surface area contributed by atoms with Crippen molar-refractivity contribution in [3.05, 3.63) is 23.8 Å². The monoisotopic (exact) mass is 415 g/mol. The Hall–Kier alpha value is -2.17. The Balaban J connectivity index is 2.11. The minimum Gasteiger partial charge on any atom is -0.484 e. The maximum atomic E-state index is 12.4. The van der Waals surface area contributed by atoms with Crippen LogP contribution in [0, 0.1) is 0 Å². The fourth-order valence-corrected chi connectivity index (χ4v) is 2.75. The predicted molar refractivity (Wildman–Crippen MR) is 86.3 cm³/mol. The summed E-state index contributed by atoms with van der Waals surface area (Å²) in [5.74, 6) is -1.43. The van der Waals surface area contributed by atoms with E-state index in [2.05, 4.69) is 20.1 Å². The summed E-state index contributed by atoms with van der Waals surface area (Å²) >= 11 is 0. The van der Waals surface area contributed by atoms with Gasteiger partial charge in [0.15, 0.2) is 13.2 Å². The van der Waals surface area contributed by atoms with Crippen LogP contribution in [0.5, 0.6) is 11.5 Å². The molecule has 3 N–H and O–H groups in total. The topological polar surface area (TPSA) is 64.2 Å². The van der Waals surface area contributed by atoms with Crippen molar-refractivity contribution >= 4 is 5.91 Å². The molecule has 1 aliphatic heterocycles. The van der Waals surface area contributed by atoms with Crippen molar-refractivity contribution < 1.29 is 45.9 Å². The van der Waals surface area contributed by atoms with Crippen molar-refractivity contribution in [1.29, 1.82) is 0 Å². The molecule has 1 atom stereocenters. The van der Waals surface area contributed by atoms with Gasteiger partial charge in [0, 0.05) is 6.42 Å². The highest BCUT2D eigenvalue weighted by molar-refractivity contribution is 5.97. The highest BCUT2D eigenvalue weighted by atomic mass is 19.4. The normalized spacial score (nSPS) is 17.9. The molecule has 1 aliphatic rings. The summed E-state index contributed by atoms with van der Waals surface area (Å²) in [6.45, 7) is -2.02. The zero-order chi connectivity index (χ0) is 20.8. The number of amides is 1. The van der Waals surface area contributed by atoms with E-state index in [0.29, 0.717) is 0 Å². The molecule has 1 saturated heterocycles. The van der Waals surface area contributed by atoms with Crippen LogP contribution in [0.4, 0.5) is 26.3 Å². The van der Waals surface area contributed by atoms with E-state index in [9.17, 15) is 31.1 Å². The van der Waals surface area contributed by atoms with E-state index in [4.69, 9.17) is 0 Å². The molecule has 0 radical (unpaired) electrons. The van der Waals surface area contributed by atoms with Crippen LogP contribution in [-0.2, 0) is 0 Å². The van der Waals surface area contributed by atoms with Gasteiger partial charge in [-0.2, -0.15) is 26.3 Å². The lowest BCUT2D eigenvalue weighted by atomic mass is 10.0. The number of carbonyl (C=O) groups excluding carboxylic acids is 1. The molecule has 2 rings (SSSR count). The van der Waals surface area contributed by atoms with Crippen molar-refractivity contribution in [2.45, 2.75) is 37.7 Å². The van der Waals surface area contributed by atoms with Crippen LogP contribution >= 0.6 is 0 Å². The first-order valence-corrected chi connectivity index (χ1v) is 8.68. The predicted octanol–water partition coefficient (Wildman–Crippen LogP) is 2.41. The van der Waals surface area contributed by atoms with Gasteiger partial charge in [-0.15, -0.1) is 0 Å². The van der Waals surface area contributed by atoms with E-state index < -0.39 is 31.5 Å². The second-order valence-corrected chi connectivity index (χ2v) is 6.46. The number of benzene rings is 1. The standard InChI is InChI=1S/C17H20F6N2O3/c18-16(19,20)9-27-12-4-5-14(28-10-17(21,22)23)13(7-12)15(26)25-8-11-3-1-2-6-24-11/h4-5,7,11,24H,1-3,6,8-10H2,(H,25,26)/p+1/t11-/m1/s1. The molecule has 158 valence electrons. The molecule has 1 fully saturated rings. The van der Waals surface area contributed by atoms with Crippen LogP contribution in [0.1, 0.15) is 29.6 Å². The Kier molecular flexibility index (Phi) is 7.39. The average molecular weight is 415 g/mol. The van der Waals surface area contributed by atoms with Gasteiger partial charge in [0.25, 0.3) is 5.91 Å². The minimum absolute atomic E-state index is 0.141. The Morgan fingerprint density at radius 2 is 1.75 bits per heavy atom. The first-order valence-electron chi connectivity index (χ1n) is 8.68. The van der Waals surface area contributed by atoms with Gasteiger partial charge in [-0.3, -0.25) is 4.79 Å². The van der Waals surface area contributed by atoms with Crippen LogP contribution < -0.4 is 20.1 Å². The number of hydrogen-bond acceptors (Lipinski definition) is 3. The summed E-state index contributed by atoms with van der Waals surface area (Å²) in [4.78, 5) is 12.4. The fourth-order valence-electron chi connectivity index (χ4n) is 2.75. The summed E-state index contributed by atoms with van der Waals surface area (Å²) in [6, 6.07) is 3.08. The molecular formula is C17H21F6N2O3+. The number of halogens is 6. The van der Waals surface area contributed by atoms with Crippen molar-refractivity contribution in [3.63, 3.8) is 0 Å². The van der Waals surface area contributed by atoms with E-state index in [-0.39, 0.29) is 29.6 Å². The van der Waals surface area contributed by atoms with E-state index in [1.807, 2.05) is 0 Å². The van der Waals surface area contributed by atoms with E-state index in [1.54, 1.807) is 0 Å². The molecule has 1 amide bonds. The van der Waals surface area contributed by atoms with Gasteiger partial charge in [-0.05, 0) is 31.0 Å². The number of alkyl halides is 6. The molecule has 5 nitrogen and oxygen atoms in total. The Morgan fingerprint density at radius 3 is 2.36 bits per heavy atom. The Bertz CT molecular complexity index is 657. The molecule has 28 heavy (non-hydrogen) atoms. The fraction of sp³-hybridized carbons (Fsp3) is 0.588. The molecular weight excluding hydrogens is 394 g/mol. The minimum atomic E-state index is -4.63. The highest BCUT2D eigenvalue weighted by Crippen LogP contribution is 2.27. The van der Waals surface area contributed by atoms with Gasteiger partial charge < -0.3 is 20.1 Å².